The van der Waals surface area contributed by atoms with Gasteiger partial charge in [0.05, 0.1) is 24.2 Å². The Hall–Kier alpha value is -4.07. The van der Waals surface area contributed by atoms with Crippen molar-refractivity contribution in [2.45, 2.75) is 70.3 Å². The van der Waals surface area contributed by atoms with Crippen LogP contribution >= 0.6 is 0 Å². The second-order valence-electron chi connectivity index (χ2n) is 14.4. The molecule has 2 saturated heterocycles. The van der Waals surface area contributed by atoms with Crippen molar-refractivity contribution in [2.75, 3.05) is 50.9 Å². The SMILES string of the molecule is C#Cc1c(F)ccc2cc(O)cc(-c3ncc4c(N5CCCOCC5)nc(OC[C@]56CCC[C@H]5N(CCC5CCC5)CCC6)nc4c3F)c12. The molecule has 0 unspecified atom stereocenters. The summed E-state index contributed by atoms with van der Waals surface area (Å²) in [5.41, 5.74) is 0.144. The maximum absolute atomic E-state index is 16.9. The molecular weight excluding hydrogens is 624 g/mol. The van der Waals surface area contributed by atoms with Crippen LogP contribution in [0.3, 0.4) is 0 Å². The Labute approximate surface area is 285 Å². The molecule has 2 atom stereocenters. The van der Waals surface area contributed by atoms with Crippen molar-refractivity contribution in [1.82, 2.24) is 19.9 Å². The average molecular weight is 668 g/mol. The first-order valence-electron chi connectivity index (χ1n) is 17.9. The molecule has 256 valence electrons. The number of likely N-dealkylation sites (tertiary alicyclic amines) is 1. The Balaban J connectivity index is 1.19. The fourth-order valence-electron chi connectivity index (χ4n) is 8.84. The monoisotopic (exact) mass is 667 g/mol. The predicted molar refractivity (Wildman–Crippen MR) is 186 cm³/mol. The lowest BCUT2D eigenvalue weighted by atomic mass is 9.75. The summed E-state index contributed by atoms with van der Waals surface area (Å²) in [5.74, 6) is 2.39. The largest absolute Gasteiger partial charge is 0.508 e. The number of ether oxygens (including phenoxy) is 2. The summed E-state index contributed by atoms with van der Waals surface area (Å²) in [6.07, 6.45) is 19.2. The topological polar surface area (TPSA) is 83.8 Å². The van der Waals surface area contributed by atoms with Gasteiger partial charge in [-0.3, -0.25) is 9.88 Å². The molecule has 2 saturated carbocycles. The van der Waals surface area contributed by atoms with Crippen molar-refractivity contribution in [3.05, 3.63) is 47.7 Å². The number of phenols is 1. The molecule has 2 aromatic carbocycles. The molecule has 8 rings (SSSR count). The highest BCUT2D eigenvalue weighted by Crippen LogP contribution is 2.48. The lowest BCUT2D eigenvalue weighted by Gasteiger charge is -2.46. The first-order valence-corrected chi connectivity index (χ1v) is 17.9. The quantitative estimate of drug-likeness (QED) is 0.197. The van der Waals surface area contributed by atoms with E-state index in [-0.39, 0.29) is 39.5 Å². The maximum atomic E-state index is 16.9. The van der Waals surface area contributed by atoms with E-state index in [4.69, 9.17) is 25.9 Å². The minimum absolute atomic E-state index is 0.0188. The van der Waals surface area contributed by atoms with Crippen molar-refractivity contribution in [3.63, 3.8) is 0 Å². The van der Waals surface area contributed by atoms with E-state index < -0.39 is 11.6 Å². The molecule has 8 nitrogen and oxygen atoms in total. The molecule has 49 heavy (non-hydrogen) atoms. The number of hydrogen-bond donors (Lipinski definition) is 1. The Morgan fingerprint density at radius 2 is 1.90 bits per heavy atom. The van der Waals surface area contributed by atoms with E-state index in [1.165, 1.54) is 62.8 Å². The van der Waals surface area contributed by atoms with E-state index >= 15 is 4.39 Å². The third-order valence-corrected chi connectivity index (χ3v) is 11.6. The number of terminal acetylenes is 1. The molecule has 2 aliphatic heterocycles. The zero-order valence-electron chi connectivity index (χ0n) is 27.9. The van der Waals surface area contributed by atoms with Crippen molar-refractivity contribution in [1.29, 1.82) is 0 Å². The average Bonchev–Trinajstić information content (AvgIpc) is 3.33. The number of aromatic nitrogens is 3. The van der Waals surface area contributed by atoms with E-state index in [0.29, 0.717) is 60.9 Å². The smallest absolute Gasteiger partial charge is 0.319 e. The van der Waals surface area contributed by atoms with E-state index in [0.717, 1.165) is 44.7 Å². The van der Waals surface area contributed by atoms with Gasteiger partial charge in [-0.2, -0.15) is 9.97 Å². The molecule has 4 aliphatic rings. The highest BCUT2D eigenvalue weighted by Gasteiger charge is 2.48. The molecule has 4 heterocycles. The van der Waals surface area contributed by atoms with Crippen LogP contribution in [0.5, 0.6) is 11.8 Å². The minimum Gasteiger partial charge on any atom is -0.508 e. The lowest BCUT2D eigenvalue weighted by molar-refractivity contribution is -0.00421. The number of phenolic OH excluding ortho intramolecular Hbond substituents is 1. The normalized spacial score (nSPS) is 23.3. The van der Waals surface area contributed by atoms with E-state index in [2.05, 4.69) is 20.7 Å². The highest BCUT2D eigenvalue weighted by atomic mass is 19.1. The number of piperidine rings is 1. The van der Waals surface area contributed by atoms with Gasteiger partial charge in [0.25, 0.3) is 0 Å². The Bertz CT molecular complexity index is 1920. The highest BCUT2D eigenvalue weighted by molar-refractivity contribution is 6.03. The van der Waals surface area contributed by atoms with Crippen LogP contribution in [0.1, 0.15) is 69.8 Å². The van der Waals surface area contributed by atoms with Crippen LogP contribution in [0.4, 0.5) is 14.6 Å². The lowest BCUT2D eigenvalue weighted by Crippen LogP contribution is -2.52. The van der Waals surface area contributed by atoms with Gasteiger partial charge in [0.1, 0.15) is 28.6 Å². The Morgan fingerprint density at radius 3 is 2.73 bits per heavy atom. The number of aromatic hydroxyl groups is 1. The molecule has 0 radical (unpaired) electrons. The van der Waals surface area contributed by atoms with Crippen LogP contribution in [0, 0.1) is 35.3 Å². The number of anilines is 1. The van der Waals surface area contributed by atoms with E-state index in [9.17, 15) is 9.50 Å². The van der Waals surface area contributed by atoms with Crippen LogP contribution in [0.2, 0.25) is 0 Å². The summed E-state index contributed by atoms with van der Waals surface area (Å²) in [4.78, 5) is 18.9. The van der Waals surface area contributed by atoms with Crippen molar-refractivity contribution in [2.24, 2.45) is 11.3 Å². The molecule has 0 spiro atoms. The Morgan fingerprint density at radius 1 is 1.02 bits per heavy atom. The van der Waals surface area contributed by atoms with Gasteiger partial charge in [-0.15, -0.1) is 6.42 Å². The molecule has 4 fully saturated rings. The van der Waals surface area contributed by atoms with Gasteiger partial charge in [0.15, 0.2) is 5.82 Å². The molecule has 2 aliphatic carbocycles. The van der Waals surface area contributed by atoms with Crippen LogP contribution in [0.25, 0.3) is 32.9 Å². The first kappa shape index (κ1) is 32.2. The van der Waals surface area contributed by atoms with Gasteiger partial charge < -0.3 is 19.5 Å². The summed E-state index contributed by atoms with van der Waals surface area (Å²) in [7, 11) is 0. The molecular formula is C39H43F2N5O3. The fourth-order valence-corrected chi connectivity index (χ4v) is 8.84. The molecule has 2 aromatic heterocycles. The van der Waals surface area contributed by atoms with Crippen molar-refractivity contribution >= 4 is 27.5 Å². The van der Waals surface area contributed by atoms with Crippen LogP contribution in [0.15, 0.2) is 30.5 Å². The van der Waals surface area contributed by atoms with Gasteiger partial charge in [0.2, 0.25) is 0 Å². The first-order chi connectivity index (χ1) is 23.9. The second kappa shape index (κ2) is 13.3. The molecule has 0 amide bonds. The predicted octanol–water partition coefficient (Wildman–Crippen LogP) is 7.24. The number of fused-ring (bicyclic) bond motifs is 3. The maximum Gasteiger partial charge on any atom is 0.319 e. The summed E-state index contributed by atoms with van der Waals surface area (Å²) < 4.78 is 44.1. The van der Waals surface area contributed by atoms with Crippen LogP contribution in [-0.2, 0) is 4.74 Å². The van der Waals surface area contributed by atoms with Gasteiger partial charge in [-0.05, 0) is 81.1 Å². The molecule has 0 bridgehead atoms. The number of benzene rings is 2. The fraction of sp³-hybridized carbons (Fsp3) is 0.513. The summed E-state index contributed by atoms with van der Waals surface area (Å²) in [6, 6.07) is 6.20. The number of pyridine rings is 1. The number of rotatable bonds is 8. The van der Waals surface area contributed by atoms with Crippen LogP contribution < -0.4 is 9.64 Å². The number of hydrogen-bond acceptors (Lipinski definition) is 8. The van der Waals surface area contributed by atoms with Gasteiger partial charge in [-0.1, -0.05) is 37.7 Å². The van der Waals surface area contributed by atoms with Gasteiger partial charge in [-0.25, -0.2) is 8.78 Å². The van der Waals surface area contributed by atoms with Crippen molar-refractivity contribution in [3.8, 4) is 35.4 Å². The number of halogens is 2. The van der Waals surface area contributed by atoms with E-state index in [1.54, 1.807) is 6.20 Å². The van der Waals surface area contributed by atoms with Gasteiger partial charge >= 0.3 is 6.01 Å². The molecule has 10 heteroatoms. The minimum atomic E-state index is -0.715. The number of nitrogens with zero attached hydrogens (tertiary/aromatic N) is 5. The van der Waals surface area contributed by atoms with Crippen molar-refractivity contribution < 1.29 is 23.4 Å². The van der Waals surface area contributed by atoms with Gasteiger partial charge in [0, 0.05) is 48.3 Å². The standard InChI is InChI=1S/C39H43F2N5O3/c1-2-28-31(40)11-10-26-21-27(47)22-29(33(26)28)35-34(41)36-30(23-42-35)37(46-16-6-19-48-20-18-46)44-38(43-36)49-24-39-13-4-9-32(39)45(15-5-14-39)17-12-25-7-3-8-25/h1,10-11,21-23,25,32,47H,3-9,12-20,24H2/t32-,39-/m1/s1. The third kappa shape index (κ3) is 5.95. The summed E-state index contributed by atoms with van der Waals surface area (Å²) in [5, 5.41) is 11.8. The molecule has 4 aromatic rings. The Kier molecular flexibility index (Phi) is 8.75. The zero-order valence-corrected chi connectivity index (χ0v) is 27.9. The molecule has 1 N–H and O–H groups in total. The summed E-state index contributed by atoms with van der Waals surface area (Å²) >= 11 is 0. The van der Waals surface area contributed by atoms with E-state index in [1.807, 2.05) is 0 Å². The zero-order chi connectivity index (χ0) is 33.5. The third-order valence-electron chi connectivity index (χ3n) is 11.6. The summed E-state index contributed by atoms with van der Waals surface area (Å²) in [6.45, 7) is 5.20. The second-order valence-corrected chi connectivity index (χ2v) is 14.4. The van der Waals surface area contributed by atoms with Crippen LogP contribution in [-0.4, -0.2) is 77.0 Å².